The van der Waals surface area contributed by atoms with Crippen LogP contribution < -0.4 is 20.1 Å². The Labute approximate surface area is 143 Å². The van der Waals surface area contributed by atoms with Crippen molar-refractivity contribution in [1.29, 1.82) is 0 Å². The lowest BCUT2D eigenvalue weighted by molar-refractivity contribution is 0.102. The molecular formula is C19H24N2O3. The summed E-state index contributed by atoms with van der Waals surface area (Å²) >= 11 is 0. The van der Waals surface area contributed by atoms with Gasteiger partial charge in [-0.3, -0.25) is 4.79 Å². The van der Waals surface area contributed by atoms with E-state index in [4.69, 9.17) is 9.47 Å². The van der Waals surface area contributed by atoms with Crippen molar-refractivity contribution in [2.24, 2.45) is 0 Å². The second-order valence-corrected chi connectivity index (χ2v) is 5.46. The average molecular weight is 328 g/mol. The summed E-state index contributed by atoms with van der Waals surface area (Å²) in [5.74, 6) is 0.974. The third-order valence-electron chi connectivity index (χ3n) is 3.74. The Morgan fingerprint density at radius 2 is 1.79 bits per heavy atom. The van der Waals surface area contributed by atoms with Gasteiger partial charge in [0.05, 0.1) is 14.2 Å². The lowest BCUT2D eigenvalue weighted by atomic mass is 10.1. The van der Waals surface area contributed by atoms with Gasteiger partial charge in [-0.05, 0) is 48.9 Å². The smallest absolute Gasteiger partial charge is 0.256 e. The summed E-state index contributed by atoms with van der Waals surface area (Å²) in [6, 6.07) is 11.3. The van der Waals surface area contributed by atoms with E-state index in [1.807, 2.05) is 31.2 Å². The van der Waals surface area contributed by atoms with Crippen LogP contribution in [-0.4, -0.2) is 26.7 Å². The molecule has 0 spiro atoms. The minimum Gasteiger partial charge on any atom is -0.493 e. The lowest BCUT2D eigenvalue weighted by Gasteiger charge is -2.13. The van der Waals surface area contributed by atoms with Crippen LogP contribution in [0, 0.1) is 6.92 Å². The van der Waals surface area contributed by atoms with Gasteiger partial charge in [0.2, 0.25) is 0 Å². The number of ether oxygens (including phenoxy) is 2. The Morgan fingerprint density at radius 3 is 2.46 bits per heavy atom. The van der Waals surface area contributed by atoms with Crippen LogP contribution in [0.25, 0.3) is 0 Å². The SMILES string of the molecule is CCNCc1cccc(NC(=O)c2cc(OC)c(OC)cc2C)c1. The summed E-state index contributed by atoms with van der Waals surface area (Å²) in [5.41, 5.74) is 3.28. The Balaban J connectivity index is 2.21. The van der Waals surface area contributed by atoms with Crippen LogP contribution in [-0.2, 0) is 6.54 Å². The van der Waals surface area contributed by atoms with Gasteiger partial charge in [0.25, 0.3) is 5.91 Å². The number of anilines is 1. The summed E-state index contributed by atoms with van der Waals surface area (Å²) < 4.78 is 10.5. The highest BCUT2D eigenvalue weighted by Crippen LogP contribution is 2.30. The Bertz CT molecular complexity index is 714. The predicted octanol–water partition coefficient (Wildman–Crippen LogP) is 3.37. The molecule has 0 radical (unpaired) electrons. The molecule has 0 aliphatic carbocycles. The lowest BCUT2D eigenvalue weighted by Crippen LogP contribution is -2.15. The van der Waals surface area contributed by atoms with Crippen molar-refractivity contribution in [1.82, 2.24) is 5.32 Å². The normalized spacial score (nSPS) is 10.3. The highest BCUT2D eigenvalue weighted by atomic mass is 16.5. The first-order chi connectivity index (χ1) is 11.6. The van der Waals surface area contributed by atoms with E-state index in [2.05, 4.69) is 17.6 Å². The molecule has 24 heavy (non-hydrogen) atoms. The van der Waals surface area contributed by atoms with Crippen molar-refractivity contribution in [3.63, 3.8) is 0 Å². The number of carbonyl (C=O) groups excluding carboxylic acids is 1. The molecule has 128 valence electrons. The molecule has 0 aromatic heterocycles. The molecule has 2 rings (SSSR count). The second-order valence-electron chi connectivity index (χ2n) is 5.46. The largest absolute Gasteiger partial charge is 0.493 e. The van der Waals surface area contributed by atoms with Crippen molar-refractivity contribution >= 4 is 11.6 Å². The molecule has 0 unspecified atom stereocenters. The van der Waals surface area contributed by atoms with Crippen molar-refractivity contribution in [2.75, 3.05) is 26.1 Å². The number of amides is 1. The van der Waals surface area contributed by atoms with E-state index in [9.17, 15) is 4.79 Å². The van der Waals surface area contributed by atoms with Crippen molar-refractivity contribution in [3.05, 3.63) is 53.1 Å². The van der Waals surface area contributed by atoms with Crippen LogP contribution >= 0.6 is 0 Å². The minimum absolute atomic E-state index is 0.172. The zero-order valence-electron chi connectivity index (χ0n) is 14.6. The Hall–Kier alpha value is -2.53. The van der Waals surface area contributed by atoms with E-state index < -0.39 is 0 Å². The summed E-state index contributed by atoms with van der Waals surface area (Å²) in [4.78, 5) is 12.6. The number of methoxy groups -OCH3 is 2. The minimum atomic E-state index is -0.172. The van der Waals surface area contributed by atoms with E-state index >= 15 is 0 Å². The Morgan fingerprint density at radius 1 is 1.08 bits per heavy atom. The topological polar surface area (TPSA) is 59.6 Å². The zero-order valence-corrected chi connectivity index (χ0v) is 14.6. The number of rotatable bonds is 7. The summed E-state index contributed by atoms with van der Waals surface area (Å²) in [6.07, 6.45) is 0. The number of carbonyl (C=O) groups is 1. The zero-order chi connectivity index (χ0) is 17.5. The van der Waals surface area contributed by atoms with Crippen LogP contribution in [0.2, 0.25) is 0 Å². The van der Waals surface area contributed by atoms with E-state index in [1.54, 1.807) is 26.4 Å². The monoisotopic (exact) mass is 328 g/mol. The van der Waals surface area contributed by atoms with E-state index in [1.165, 1.54) is 0 Å². The first-order valence-electron chi connectivity index (χ1n) is 7.92. The molecule has 2 aromatic carbocycles. The number of nitrogens with one attached hydrogen (secondary N) is 2. The highest BCUT2D eigenvalue weighted by molar-refractivity contribution is 6.05. The fourth-order valence-electron chi connectivity index (χ4n) is 2.45. The van der Waals surface area contributed by atoms with Gasteiger partial charge in [-0.1, -0.05) is 19.1 Å². The molecule has 2 aromatic rings. The molecule has 5 heteroatoms. The number of aryl methyl sites for hydroxylation is 1. The molecule has 0 atom stereocenters. The van der Waals surface area contributed by atoms with Gasteiger partial charge in [0.15, 0.2) is 11.5 Å². The third kappa shape index (κ3) is 4.26. The molecule has 0 saturated carbocycles. The van der Waals surface area contributed by atoms with E-state index in [0.717, 1.165) is 29.9 Å². The maximum atomic E-state index is 12.6. The maximum absolute atomic E-state index is 12.6. The van der Waals surface area contributed by atoms with Crippen LogP contribution in [0.15, 0.2) is 36.4 Å². The molecule has 0 fully saturated rings. The second kappa shape index (κ2) is 8.36. The molecular weight excluding hydrogens is 304 g/mol. The Kier molecular flexibility index (Phi) is 6.21. The van der Waals surface area contributed by atoms with Crippen molar-refractivity contribution in [2.45, 2.75) is 20.4 Å². The summed E-state index contributed by atoms with van der Waals surface area (Å²) in [7, 11) is 3.13. The molecule has 0 heterocycles. The fourth-order valence-corrected chi connectivity index (χ4v) is 2.45. The third-order valence-corrected chi connectivity index (χ3v) is 3.74. The maximum Gasteiger partial charge on any atom is 0.256 e. The van der Waals surface area contributed by atoms with Crippen LogP contribution in [0.3, 0.4) is 0 Å². The molecule has 0 saturated heterocycles. The van der Waals surface area contributed by atoms with Crippen molar-refractivity contribution < 1.29 is 14.3 Å². The van der Waals surface area contributed by atoms with Gasteiger partial charge in [-0.2, -0.15) is 0 Å². The van der Waals surface area contributed by atoms with Gasteiger partial charge in [-0.15, -0.1) is 0 Å². The van der Waals surface area contributed by atoms with Gasteiger partial charge in [0, 0.05) is 17.8 Å². The summed E-state index contributed by atoms with van der Waals surface area (Å²) in [6.45, 7) is 5.61. The van der Waals surface area contributed by atoms with Gasteiger partial charge in [0.1, 0.15) is 0 Å². The highest BCUT2D eigenvalue weighted by Gasteiger charge is 2.14. The van der Waals surface area contributed by atoms with Crippen LogP contribution in [0.4, 0.5) is 5.69 Å². The van der Waals surface area contributed by atoms with Crippen LogP contribution in [0.5, 0.6) is 11.5 Å². The molecule has 5 nitrogen and oxygen atoms in total. The molecule has 1 amide bonds. The quantitative estimate of drug-likeness (QED) is 0.818. The fraction of sp³-hybridized carbons (Fsp3) is 0.316. The first kappa shape index (κ1) is 17.8. The standard InChI is InChI=1S/C19H24N2O3/c1-5-20-12-14-7-6-8-15(10-14)21-19(22)16-11-18(24-4)17(23-3)9-13(16)2/h6-11,20H,5,12H2,1-4H3,(H,21,22). The predicted molar refractivity (Wildman–Crippen MR) is 96.1 cm³/mol. The first-order valence-corrected chi connectivity index (χ1v) is 7.92. The number of hydrogen-bond donors (Lipinski definition) is 2. The molecule has 0 aliphatic rings. The van der Waals surface area contributed by atoms with E-state index in [-0.39, 0.29) is 5.91 Å². The number of benzene rings is 2. The summed E-state index contributed by atoms with van der Waals surface area (Å²) in [5, 5.41) is 6.21. The van der Waals surface area contributed by atoms with Gasteiger partial charge in [-0.25, -0.2) is 0 Å². The van der Waals surface area contributed by atoms with Crippen molar-refractivity contribution in [3.8, 4) is 11.5 Å². The number of hydrogen-bond acceptors (Lipinski definition) is 4. The van der Waals surface area contributed by atoms with Gasteiger partial charge < -0.3 is 20.1 Å². The average Bonchev–Trinajstić information content (AvgIpc) is 2.59. The molecule has 0 aliphatic heterocycles. The molecule has 2 N–H and O–H groups in total. The van der Waals surface area contributed by atoms with E-state index in [0.29, 0.717) is 17.1 Å². The van der Waals surface area contributed by atoms with Gasteiger partial charge >= 0.3 is 0 Å². The molecule has 0 bridgehead atoms. The van der Waals surface area contributed by atoms with Crippen LogP contribution in [0.1, 0.15) is 28.4 Å².